The first-order valence-electron chi connectivity index (χ1n) is 8.14. The zero-order valence-corrected chi connectivity index (χ0v) is 16.2. The summed E-state index contributed by atoms with van der Waals surface area (Å²) in [6, 6.07) is 10.7. The van der Waals surface area contributed by atoms with Gasteiger partial charge in [0.25, 0.3) is 0 Å². The van der Waals surface area contributed by atoms with E-state index in [0.717, 1.165) is 23.1 Å². The minimum Gasteiger partial charge on any atom is -0.497 e. The summed E-state index contributed by atoms with van der Waals surface area (Å²) >= 11 is 3.37. The van der Waals surface area contributed by atoms with Gasteiger partial charge in [0.2, 0.25) is 5.43 Å². The highest BCUT2D eigenvalue weighted by Gasteiger charge is 2.15. The molecule has 0 saturated carbocycles. The van der Waals surface area contributed by atoms with Crippen molar-refractivity contribution < 1.29 is 18.6 Å². The number of hydrogen-bond donors (Lipinski definition) is 0. The Morgan fingerprint density at radius 2 is 1.81 bits per heavy atom. The fraction of sp³-hybridized carbons (Fsp3) is 0.250. The largest absolute Gasteiger partial charge is 0.497 e. The van der Waals surface area contributed by atoms with E-state index < -0.39 is 0 Å². The van der Waals surface area contributed by atoms with Gasteiger partial charge in [-0.25, -0.2) is 0 Å². The van der Waals surface area contributed by atoms with Crippen LogP contribution in [0.3, 0.4) is 0 Å². The standard InChI is InChI=1S/C20H19BrO5/c1-23-14-6-4-13(5-7-14)16-12-26-18-11-15(25-9-3-8-21)10-17(24-2)19(18)20(16)22/h4-7,10-12H,3,8-9H2,1-2H3. The summed E-state index contributed by atoms with van der Waals surface area (Å²) in [6.07, 6.45) is 2.34. The molecule has 136 valence electrons. The molecule has 26 heavy (non-hydrogen) atoms. The molecule has 0 aliphatic carbocycles. The molecule has 0 N–H and O–H groups in total. The molecule has 6 heteroatoms. The summed E-state index contributed by atoms with van der Waals surface area (Å²) in [5.74, 6) is 1.76. The number of hydrogen-bond acceptors (Lipinski definition) is 5. The van der Waals surface area contributed by atoms with Crippen molar-refractivity contribution in [3.05, 3.63) is 52.9 Å². The molecule has 0 saturated heterocycles. The van der Waals surface area contributed by atoms with Crippen LogP contribution in [0.2, 0.25) is 0 Å². The van der Waals surface area contributed by atoms with Crippen molar-refractivity contribution in [2.24, 2.45) is 0 Å². The molecule has 0 spiro atoms. The number of rotatable bonds is 7. The van der Waals surface area contributed by atoms with E-state index in [4.69, 9.17) is 18.6 Å². The molecular formula is C20H19BrO5. The number of ether oxygens (including phenoxy) is 3. The van der Waals surface area contributed by atoms with Crippen LogP contribution >= 0.6 is 15.9 Å². The molecule has 0 unspecified atom stereocenters. The molecule has 1 aromatic heterocycles. The first-order valence-corrected chi connectivity index (χ1v) is 9.26. The third-order valence-corrected chi connectivity index (χ3v) is 4.54. The van der Waals surface area contributed by atoms with Crippen molar-refractivity contribution in [1.82, 2.24) is 0 Å². The Hall–Kier alpha value is -2.47. The average molecular weight is 419 g/mol. The zero-order chi connectivity index (χ0) is 18.5. The number of alkyl halides is 1. The maximum Gasteiger partial charge on any atom is 0.204 e. The van der Waals surface area contributed by atoms with E-state index in [1.807, 2.05) is 12.1 Å². The SMILES string of the molecule is COc1ccc(-c2coc3cc(OCCCBr)cc(OC)c3c2=O)cc1. The second-order valence-electron chi connectivity index (χ2n) is 5.60. The fourth-order valence-corrected chi connectivity index (χ4v) is 2.88. The monoisotopic (exact) mass is 418 g/mol. The van der Waals surface area contributed by atoms with Gasteiger partial charge in [-0.15, -0.1) is 0 Å². The van der Waals surface area contributed by atoms with Crippen LogP contribution in [0, 0.1) is 0 Å². The Morgan fingerprint density at radius 1 is 1.04 bits per heavy atom. The summed E-state index contributed by atoms with van der Waals surface area (Å²) in [4.78, 5) is 13.0. The van der Waals surface area contributed by atoms with Crippen LogP contribution in [0.5, 0.6) is 17.2 Å². The Balaban J connectivity index is 2.07. The molecular weight excluding hydrogens is 400 g/mol. The van der Waals surface area contributed by atoms with E-state index in [0.29, 0.717) is 34.6 Å². The van der Waals surface area contributed by atoms with Gasteiger partial charge in [-0.2, -0.15) is 0 Å². The van der Waals surface area contributed by atoms with Crippen molar-refractivity contribution in [2.45, 2.75) is 6.42 Å². The van der Waals surface area contributed by atoms with Crippen molar-refractivity contribution in [3.8, 4) is 28.4 Å². The van der Waals surface area contributed by atoms with Gasteiger partial charge in [-0.3, -0.25) is 4.79 Å². The third kappa shape index (κ3) is 3.70. The lowest BCUT2D eigenvalue weighted by molar-refractivity contribution is 0.316. The van der Waals surface area contributed by atoms with E-state index in [9.17, 15) is 4.79 Å². The third-order valence-electron chi connectivity index (χ3n) is 3.98. The van der Waals surface area contributed by atoms with Gasteiger partial charge in [-0.05, 0) is 24.1 Å². The first-order chi connectivity index (χ1) is 12.7. The molecule has 0 fully saturated rings. The van der Waals surface area contributed by atoms with Gasteiger partial charge in [0.05, 0.1) is 26.4 Å². The Kier molecular flexibility index (Phi) is 5.83. The predicted octanol–water partition coefficient (Wildman–Crippen LogP) is 4.64. The minimum atomic E-state index is -0.153. The molecule has 0 aliphatic rings. The number of fused-ring (bicyclic) bond motifs is 1. The van der Waals surface area contributed by atoms with Gasteiger partial charge in [0.15, 0.2) is 0 Å². The highest BCUT2D eigenvalue weighted by atomic mass is 79.9. The topological polar surface area (TPSA) is 57.9 Å². The highest BCUT2D eigenvalue weighted by molar-refractivity contribution is 9.09. The van der Waals surface area contributed by atoms with Crippen molar-refractivity contribution in [3.63, 3.8) is 0 Å². The lowest BCUT2D eigenvalue weighted by Crippen LogP contribution is -2.07. The maximum absolute atomic E-state index is 13.0. The zero-order valence-electron chi connectivity index (χ0n) is 14.6. The van der Waals surface area contributed by atoms with Crippen LogP contribution in [0.15, 0.2) is 51.9 Å². The van der Waals surface area contributed by atoms with Crippen molar-refractivity contribution >= 4 is 26.9 Å². The lowest BCUT2D eigenvalue weighted by atomic mass is 10.0. The highest BCUT2D eigenvalue weighted by Crippen LogP contribution is 2.31. The summed E-state index contributed by atoms with van der Waals surface area (Å²) in [5, 5.41) is 1.26. The van der Waals surface area contributed by atoms with Gasteiger partial charge >= 0.3 is 0 Å². The number of benzene rings is 2. The molecule has 5 nitrogen and oxygen atoms in total. The molecule has 3 aromatic rings. The van der Waals surface area contributed by atoms with E-state index >= 15 is 0 Å². The quantitative estimate of drug-likeness (QED) is 0.413. The summed E-state index contributed by atoms with van der Waals surface area (Å²) in [7, 11) is 3.12. The lowest BCUT2D eigenvalue weighted by Gasteiger charge is -2.11. The molecule has 0 atom stereocenters. The van der Waals surface area contributed by atoms with Gasteiger partial charge in [-0.1, -0.05) is 28.1 Å². The van der Waals surface area contributed by atoms with Gasteiger partial charge < -0.3 is 18.6 Å². The van der Waals surface area contributed by atoms with Crippen molar-refractivity contribution in [1.29, 1.82) is 0 Å². The molecule has 1 heterocycles. The molecule has 0 aliphatic heterocycles. The fourth-order valence-electron chi connectivity index (χ4n) is 2.65. The molecule has 0 bridgehead atoms. The summed E-state index contributed by atoms with van der Waals surface area (Å²) < 4.78 is 22.0. The van der Waals surface area contributed by atoms with Crippen LogP contribution in [0.4, 0.5) is 0 Å². The minimum absolute atomic E-state index is 0.153. The first kappa shape index (κ1) is 18.3. The van der Waals surface area contributed by atoms with Crippen molar-refractivity contribution in [2.75, 3.05) is 26.2 Å². The summed E-state index contributed by atoms with van der Waals surface area (Å²) in [6.45, 7) is 0.564. The van der Waals surface area contributed by atoms with Crippen LogP contribution < -0.4 is 19.6 Å². The molecule has 3 rings (SSSR count). The second-order valence-corrected chi connectivity index (χ2v) is 6.39. The number of halogens is 1. The molecule has 0 radical (unpaired) electrons. The number of methoxy groups -OCH3 is 2. The second kappa shape index (κ2) is 8.27. The molecule has 2 aromatic carbocycles. The average Bonchev–Trinajstić information content (AvgIpc) is 2.68. The van der Waals surface area contributed by atoms with Gasteiger partial charge in [0.1, 0.15) is 34.5 Å². The van der Waals surface area contributed by atoms with E-state index in [1.165, 1.54) is 13.4 Å². The Morgan fingerprint density at radius 3 is 2.46 bits per heavy atom. The van der Waals surface area contributed by atoms with E-state index in [2.05, 4.69) is 15.9 Å². The van der Waals surface area contributed by atoms with Crippen LogP contribution in [-0.2, 0) is 0 Å². The van der Waals surface area contributed by atoms with Crippen LogP contribution in [0.1, 0.15) is 6.42 Å². The molecule has 0 amide bonds. The normalized spacial score (nSPS) is 10.7. The smallest absolute Gasteiger partial charge is 0.204 e. The Bertz CT molecular complexity index is 947. The van der Waals surface area contributed by atoms with E-state index in [1.54, 1.807) is 31.4 Å². The van der Waals surface area contributed by atoms with Crippen LogP contribution in [0.25, 0.3) is 22.1 Å². The predicted molar refractivity (Wildman–Crippen MR) is 105 cm³/mol. The summed E-state index contributed by atoms with van der Waals surface area (Å²) in [5.41, 5.74) is 1.49. The van der Waals surface area contributed by atoms with Crippen LogP contribution in [-0.4, -0.2) is 26.2 Å². The van der Waals surface area contributed by atoms with E-state index in [-0.39, 0.29) is 5.43 Å². The maximum atomic E-state index is 13.0. The Labute approximate surface area is 159 Å². The van der Waals surface area contributed by atoms with Gasteiger partial charge in [0, 0.05) is 17.5 Å².